The van der Waals surface area contributed by atoms with Crippen molar-refractivity contribution >= 4 is 11.6 Å². The molecule has 6 heteroatoms. The van der Waals surface area contributed by atoms with Crippen LogP contribution in [-0.4, -0.2) is 28.0 Å². The van der Waals surface area contributed by atoms with Gasteiger partial charge in [-0.25, -0.2) is 0 Å². The van der Waals surface area contributed by atoms with Gasteiger partial charge in [0, 0.05) is 18.5 Å². The summed E-state index contributed by atoms with van der Waals surface area (Å²) in [5.41, 5.74) is 1.33. The first-order valence-corrected chi connectivity index (χ1v) is 8.29. The number of nitrogens with zero attached hydrogens (tertiary/aromatic N) is 4. The van der Waals surface area contributed by atoms with E-state index in [0.29, 0.717) is 36.1 Å². The van der Waals surface area contributed by atoms with Gasteiger partial charge in [0.1, 0.15) is 25.1 Å². The highest BCUT2D eigenvalue weighted by atomic mass is 16.6. The molecule has 0 amide bonds. The van der Waals surface area contributed by atoms with Crippen LogP contribution in [0.25, 0.3) is 11.6 Å². The Hall–Kier alpha value is -2.81. The maximum atomic E-state index is 9.66. The molecule has 2 aliphatic heterocycles. The molecule has 6 nitrogen and oxygen atoms in total. The predicted octanol–water partition coefficient (Wildman–Crippen LogP) is 2.84. The molecule has 0 unspecified atom stereocenters. The third-order valence-electron chi connectivity index (χ3n) is 4.37. The van der Waals surface area contributed by atoms with Gasteiger partial charge in [-0.05, 0) is 25.0 Å². The largest absolute Gasteiger partial charge is 0.486 e. The molecule has 24 heavy (non-hydrogen) atoms. The molecule has 4 rings (SSSR count). The Morgan fingerprint density at radius 1 is 1.17 bits per heavy atom. The fraction of sp³-hybridized carbons (Fsp3) is 0.389. The van der Waals surface area contributed by atoms with E-state index in [4.69, 9.17) is 9.47 Å². The monoisotopic (exact) mass is 322 g/mol. The Kier molecular flexibility index (Phi) is 3.91. The van der Waals surface area contributed by atoms with E-state index in [9.17, 15) is 5.26 Å². The minimum atomic E-state index is 0.498. The smallest absolute Gasteiger partial charge is 0.174 e. The van der Waals surface area contributed by atoms with Crippen LogP contribution < -0.4 is 9.47 Å². The van der Waals surface area contributed by atoms with Crippen molar-refractivity contribution in [1.82, 2.24) is 14.8 Å². The van der Waals surface area contributed by atoms with E-state index in [1.807, 2.05) is 24.3 Å². The molecule has 0 N–H and O–H groups in total. The number of aryl methyl sites for hydroxylation is 1. The van der Waals surface area contributed by atoms with Crippen LogP contribution in [0, 0.1) is 11.3 Å². The van der Waals surface area contributed by atoms with Gasteiger partial charge < -0.3 is 14.0 Å². The van der Waals surface area contributed by atoms with Crippen LogP contribution >= 0.6 is 0 Å². The molecular weight excluding hydrogens is 304 g/mol. The first-order valence-electron chi connectivity index (χ1n) is 8.29. The highest BCUT2D eigenvalue weighted by molar-refractivity contribution is 5.89. The Morgan fingerprint density at radius 2 is 2.08 bits per heavy atom. The summed E-state index contributed by atoms with van der Waals surface area (Å²) in [6.07, 6.45) is 6.14. The predicted molar refractivity (Wildman–Crippen MR) is 88.5 cm³/mol. The zero-order valence-corrected chi connectivity index (χ0v) is 13.4. The second-order valence-electron chi connectivity index (χ2n) is 5.94. The summed E-state index contributed by atoms with van der Waals surface area (Å²) >= 11 is 0. The van der Waals surface area contributed by atoms with E-state index in [0.717, 1.165) is 37.2 Å². The molecule has 2 aliphatic rings. The minimum absolute atomic E-state index is 0.498. The van der Waals surface area contributed by atoms with E-state index >= 15 is 0 Å². The standard InChI is InChI=1S/C18H18N4O2/c19-12-14(18-21-20-16-7-2-1-3-8-22(16)18)11-13-5-4-6-15-17(13)24-10-9-23-15/h4-6,11H,1-3,7-10H2/b14-11+. The van der Waals surface area contributed by atoms with Crippen LogP contribution in [0.1, 0.15) is 36.5 Å². The van der Waals surface area contributed by atoms with E-state index in [-0.39, 0.29) is 0 Å². The van der Waals surface area contributed by atoms with Gasteiger partial charge in [-0.3, -0.25) is 0 Å². The fourth-order valence-electron chi connectivity index (χ4n) is 3.20. The molecule has 122 valence electrons. The lowest BCUT2D eigenvalue weighted by Gasteiger charge is -2.19. The lowest BCUT2D eigenvalue weighted by Crippen LogP contribution is -2.16. The number of para-hydroxylation sites is 1. The van der Waals surface area contributed by atoms with Crippen molar-refractivity contribution in [2.75, 3.05) is 13.2 Å². The van der Waals surface area contributed by atoms with Crippen LogP contribution in [-0.2, 0) is 13.0 Å². The summed E-state index contributed by atoms with van der Waals surface area (Å²) < 4.78 is 13.4. The van der Waals surface area contributed by atoms with Crippen molar-refractivity contribution in [3.8, 4) is 17.6 Å². The zero-order valence-electron chi connectivity index (χ0n) is 13.4. The SMILES string of the molecule is N#C/C(=C\c1cccc2c1OCCO2)c1nnc2n1CCCCC2. The quantitative estimate of drug-likeness (QED) is 0.795. The summed E-state index contributed by atoms with van der Waals surface area (Å²) in [5.74, 6) is 3.02. The molecule has 2 aromatic rings. The van der Waals surface area contributed by atoms with Crippen LogP contribution in [0.3, 0.4) is 0 Å². The molecule has 1 aromatic heterocycles. The molecule has 0 fully saturated rings. The van der Waals surface area contributed by atoms with Crippen molar-refractivity contribution in [3.63, 3.8) is 0 Å². The summed E-state index contributed by atoms with van der Waals surface area (Å²) in [6, 6.07) is 7.97. The molecule has 0 saturated carbocycles. The first-order chi connectivity index (χ1) is 11.9. The van der Waals surface area contributed by atoms with Gasteiger partial charge in [0.05, 0.1) is 5.57 Å². The Bertz CT molecular complexity index is 832. The fourth-order valence-corrected chi connectivity index (χ4v) is 3.20. The lowest BCUT2D eigenvalue weighted by molar-refractivity contribution is 0.171. The van der Waals surface area contributed by atoms with Crippen molar-refractivity contribution in [2.24, 2.45) is 0 Å². The normalized spacial score (nSPS) is 16.9. The van der Waals surface area contributed by atoms with Crippen molar-refractivity contribution < 1.29 is 9.47 Å². The number of hydrogen-bond donors (Lipinski definition) is 0. The number of ether oxygens (including phenoxy) is 2. The maximum absolute atomic E-state index is 9.66. The van der Waals surface area contributed by atoms with Crippen LogP contribution in [0.2, 0.25) is 0 Å². The molecule has 3 heterocycles. The number of rotatable bonds is 2. The molecule has 0 bridgehead atoms. The molecular formula is C18H18N4O2. The second kappa shape index (κ2) is 6.36. The molecule has 0 spiro atoms. The maximum Gasteiger partial charge on any atom is 0.174 e. The summed E-state index contributed by atoms with van der Waals surface area (Å²) in [4.78, 5) is 0. The summed E-state index contributed by atoms with van der Waals surface area (Å²) in [6.45, 7) is 1.92. The molecule has 0 radical (unpaired) electrons. The number of hydrogen-bond acceptors (Lipinski definition) is 5. The van der Waals surface area contributed by atoms with Gasteiger partial charge in [-0.15, -0.1) is 10.2 Å². The number of nitriles is 1. The molecule has 0 saturated heterocycles. The lowest BCUT2D eigenvalue weighted by atomic mass is 10.1. The zero-order chi connectivity index (χ0) is 16.4. The average Bonchev–Trinajstić information content (AvgIpc) is 2.87. The molecule has 0 atom stereocenters. The number of benzene rings is 1. The number of aromatic nitrogens is 3. The van der Waals surface area contributed by atoms with E-state index in [1.54, 1.807) is 0 Å². The Balaban J connectivity index is 1.76. The number of fused-ring (bicyclic) bond motifs is 2. The third-order valence-corrected chi connectivity index (χ3v) is 4.37. The second-order valence-corrected chi connectivity index (χ2v) is 5.94. The van der Waals surface area contributed by atoms with Gasteiger partial charge in [-0.1, -0.05) is 18.6 Å². The van der Waals surface area contributed by atoms with E-state index in [1.165, 1.54) is 6.42 Å². The minimum Gasteiger partial charge on any atom is -0.486 e. The molecule has 1 aromatic carbocycles. The summed E-state index contributed by atoms with van der Waals surface area (Å²) in [7, 11) is 0. The van der Waals surface area contributed by atoms with Gasteiger partial charge in [0.15, 0.2) is 17.3 Å². The number of allylic oxidation sites excluding steroid dienone is 1. The van der Waals surface area contributed by atoms with Crippen LogP contribution in [0.4, 0.5) is 0 Å². The van der Waals surface area contributed by atoms with Gasteiger partial charge in [-0.2, -0.15) is 5.26 Å². The van der Waals surface area contributed by atoms with Gasteiger partial charge in [0.2, 0.25) is 0 Å². The average molecular weight is 322 g/mol. The van der Waals surface area contributed by atoms with Gasteiger partial charge in [0.25, 0.3) is 0 Å². The first kappa shape index (κ1) is 14.8. The highest BCUT2D eigenvalue weighted by Crippen LogP contribution is 2.35. The molecule has 0 aliphatic carbocycles. The summed E-state index contributed by atoms with van der Waals surface area (Å²) in [5, 5.41) is 18.2. The topological polar surface area (TPSA) is 73.0 Å². The van der Waals surface area contributed by atoms with Gasteiger partial charge >= 0.3 is 0 Å². The van der Waals surface area contributed by atoms with Crippen LogP contribution in [0.5, 0.6) is 11.5 Å². The van der Waals surface area contributed by atoms with Crippen LogP contribution in [0.15, 0.2) is 18.2 Å². The van der Waals surface area contributed by atoms with Crippen molar-refractivity contribution in [1.29, 1.82) is 5.26 Å². The Labute approximate surface area is 140 Å². The highest BCUT2D eigenvalue weighted by Gasteiger charge is 2.19. The van der Waals surface area contributed by atoms with Crippen molar-refractivity contribution in [2.45, 2.75) is 32.2 Å². The van der Waals surface area contributed by atoms with Crippen molar-refractivity contribution in [3.05, 3.63) is 35.4 Å². The van der Waals surface area contributed by atoms with E-state index in [2.05, 4.69) is 20.8 Å². The Morgan fingerprint density at radius 3 is 3.00 bits per heavy atom. The van der Waals surface area contributed by atoms with E-state index < -0.39 is 0 Å². The third kappa shape index (κ3) is 2.62.